The highest BCUT2D eigenvalue weighted by molar-refractivity contribution is 6.30. The van der Waals surface area contributed by atoms with Crippen LogP contribution in [-0.4, -0.2) is 29.1 Å². The summed E-state index contributed by atoms with van der Waals surface area (Å²) in [6.07, 6.45) is 2.27. The maximum atomic E-state index is 10.6. The Kier molecular flexibility index (Phi) is 4.61. The summed E-state index contributed by atoms with van der Waals surface area (Å²) in [5.41, 5.74) is 1.22. The van der Waals surface area contributed by atoms with Crippen LogP contribution in [0.4, 0.5) is 0 Å². The SMILES string of the molecule is O=C(O)CC1CCN(Cc2cccc(Cl)c2)CC1. The summed E-state index contributed by atoms with van der Waals surface area (Å²) >= 11 is 5.96. The molecule has 1 aromatic rings. The Labute approximate surface area is 112 Å². The van der Waals surface area contributed by atoms with Crippen molar-refractivity contribution in [3.05, 3.63) is 34.9 Å². The Morgan fingerprint density at radius 3 is 2.72 bits per heavy atom. The number of hydrogen-bond acceptors (Lipinski definition) is 2. The number of aliphatic carboxylic acids is 1. The number of rotatable bonds is 4. The van der Waals surface area contributed by atoms with Crippen LogP contribution in [-0.2, 0) is 11.3 Å². The first kappa shape index (κ1) is 13.4. The van der Waals surface area contributed by atoms with Crippen molar-refractivity contribution >= 4 is 17.6 Å². The number of nitrogens with zero attached hydrogens (tertiary/aromatic N) is 1. The van der Waals surface area contributed by atoms with Gasteiger partial charge in [-0.15, -0.1) is 0 Å². The van der Waals surface area contributed by atoms with Crippen LogP contribution in [0, 0.1) is 5.92 Å². The minimum atomic E-state index is -0.678. The van der Waals surface area contributed by atoms with Gasteiger partial charge in [-0.25, -0.2) is 0 Å². The second-order valence-electron chi connectivity index (χ2n) is 4.95. The van der Waals surface area contributed by atoms with E-state index in [4.69, 9.17) is 16.7 Å². The van der Waals surface area contributed by atoms with Crippen LogP contribution >= 0.6 is 11.6 Å². The molecule has 0 unspecified atom stereocenters. The highest BCUT2D eigenvalue weighted by Gasteiger charge is 2.21. The Balaban J connectivity index is 1.81. The van der Waals surface area contributed by atoms with E-state index in [-0.39, 0.29) is 0 Å². The maximum Gasteiger partial charge on any atom is 0.303 e. The molecule has 0 spiro atoms. The predicted octanol–water partition coefficient (Wildman–Crippen LogP) is 3.03. The van der Waals surface area contributed by atoms with Crippen LogP contribution in [0.5, 0.6) is 0 Å². The monoisotopic (exact) mass is 267 g/mol. The van der Waals surface area contributed by atoms with E-state index in [1.807, 2.05) is 18.2 Å². The Bertz CT molecular complexity index is 414. The van der Waals surface area contributed by atoms with Crippen molar-refractivity contribution in [2.75, 3.05) is 13.1 Å². The molecule has 1 N–H and O–H groups in total. The molecule has 0 bridgehead atoms. The van der Waals surface area contributed by atoms with Crippen LogP contribution in [0.25, 0.3) is 0 Å². The van der Waals surface area contributed by atoms with Gasteiger partial charge in [0, 0.05) is 18.0 Å². The van der Waals surface area contributed by atoms with Crippen LogP contribution in [0.2, 0.25) is 5.02 Å². The molecule has 1 aliphatic heterocycles. The standard InChI is InChI=1S/C14H18ClNO2/c15-13-3-1-2-12(8-13)10-16-6-4-11(5-7-16)9-14(17)18/h1-3,8,11H,4-7,9-10H2,(H,17,18). The van der Waals surface area contributed by atoms with Gasteiger partial charge in [0.2, 0.25) is 0 Å². The van der Waals surface area contributed by atoms with Gasteiger partial charge in [0.05, 0.1) is 0 Å². The largest absolute Gasteiger partial charge is 0.481 e. The Morgan fingerprint density at radius 2 is 2.11 bits per heavy atom. The molecule has 1 heterocycles. The molecule has 1 fully saturated rings. The van der Waals surface area contributed by atoms with Crippen LogP contribution in [0.3, 0.4) is 0 Å². The van der Waals surface area contributed by atoms with Gasteiger partial charge >= 0.3 is 5.97 Å². The fourth-order valence-electron chi connectivity index (χ4n) is 2.49. The second-order valence-corrected chi connectivity index (χ2v) is 5.38. The smallest absolute Gasteiger partial charge is 0.303 e. The van der Waals surface area contributed by atoms with Gasteiger partial charge in [-0.05, 0) is 49.5 Å². The van der Waals surface area contributed by atoms with Gasteiger partial charge in [0.1, 0.15) is 0 Å². The van der Waals surface area contributed by atoms with Crippen LogP contribution in [0.1, 0.15) is 24.8 Å². The number of benzene rings is 1. The molecule has 1 aromatic carbocycles. The summed E-state index contributed by atoms with van der Waals surface area (Å²) in [6.45, 7) is 2.86. The highest BCUT2D eigenvalue weighted by Crippen LogP contribution is 2.22. The minimum absolute atomic E-state index is 0.311. The number of likely N-dealkylation sites (tertiary alicyclic amines) is 1. The second kappa shape index (κ2) is 6.21. The van der Waals surface area contributed by atoms with E-state index >= 15 is 0 Å². The number of piperidine rings is 1. The van der Waals surface area contributed by atoms with Crippen molar-refractivity contribution in [2.45, 2.75) is 25.8 Å². The van der Waals surface area contributed by atoms with Crippen molar-refractivity contribution in [2.24, 2.45) is 5.92 Å². The third kappa shape index (κ3) is 4.00. The van der Waals surface area contributed by atoms with Crippen molar-refractivity contribution in [1.82, 2.24) is 4.90 Å². The summed E-state index contributed by atoms with van der Waals surface area (Å²) in [5, 5.41) is 9.54. The zero-order valence-corrected chi connectivity index (χ0v) is 11.1. The molecule has 2 rings (SSSR count). The first-order valence-electron chi connectivity index (χ1n) is 6.32. The Hall–Kier alpha value is -1.06. The molecule has 0 saturated carbocycles. The number of hydrogen-bond donors (Lipinski definition) is 1. The topological polar surface area (TPSA) is 40.5 Å². The fourth-order valence-corrected chi connectivity index (χ4v) is 2.70. The van der Waals surface area contributed by atoms with Crippen molar-refractivity contribution < 1.29 is 9.90 Å². The molecule has 0 radical (unpaired) electrons. The lowest BCUT2D eigenvalue weighted by atomic mass is 9.93. The highest BCUT2D eigenvalue weighted by atomic mass is 35.5. The Morgan fingerprint density at radius 1 is 1.39 bits per heavy atom. The van der Waals surface area contributed by atoms with E-state index in [0.29, 0.717) is 12.3 Å². The summed E-state index contributed by atoms with van der Waals surface area (Å²) in [5.74, 6) is -0.332. The average Bonchev–Trinajstić information content (AvgIpc) is 2.31. The first-order chi connectivity index (χ1) is 8.63. The summed E-state index contributed by atoms with van der Waals surface area (Å²) in [6, 6.07) is 7.92. The van der Waals surface area contributed by atoms with Gasteiger partial charge < -0.3 is 5.11 Å². The van der Waals surface area contributed by atoms with Gasteiger partial charge in [-0.2, -0.15) is 0 Å². The summed E-state index contributed by atoms with van der Waals surface area (Å²) in [4.78, 5) is 13.0. The van der Waals surface area contributed by atoms with E-state index in [2.05, 4.69) is 11.0 Å². The molecule has 0 aromatic heterocycles. The van der Waals surface area contributed by atoms with E-state index in [1.165, 1.54) is 5.56 Å². The van der Waals surface area contributed by atoms with Crippen LogP contribution < -0.4 is 0 Å². The number of carboxylic acids is 1. The molecule has 98 valence electrons. The van der Waals surface area contributed by atoms with E-state index in [0.717, 1.165) is 37.5 Å². The molecular weight excluding hydrogens is 250 g/mol. The third-order valence-electron chi connectivity index (χ3n) is 3.47. The average molecular weight is 268 g/mol. The summed E-state index contributed by atoms with van der Waals surface area (Å²) < 4.78 is 0. The molecular formula is C14H18ClNO2. The van der Waals surface area contributed by atoms with E-state index < -0.39 is 5.97 Å². The molecule has 0 aliphatic carbocycles. The van der Waals surface area contributed by atoms with Gasteiger partial charge in [-0.1, -0.05) is 23.7 Å². The number of halogens is 1. The number of carbonyl (C=O) groups is 1. The van der Waals surface area contributed by atoms with Gasteiger partial charge in [-0.3, -0.25) is 9.69 Å². The van der Waals surface area contributed by atoms with Crippen molar-refractivity contribution in [1.29, 1.82) is 0 Å². The molecule has 1 saturated heterocycles. The number of carboxylic acid groups (broad SMARTS) is 1. The fraction of sp³-hybridized carbons (Fsp3) is 0.500. The van der Waals surface area contributed by atoms with E-state index in [1.54, 1.807) is 0 Å². The zero-order valence-electron chi connectivity index (χ0n) is 10.3. The minimum Gasteiger partial charge on any atom is -0.481 e. The molecule has 0 atom stereocenters. The quantitative estimate of drug-likeness (QED) is 0.912. The zero-order chi connectivity index (χ0) is 13.0. The first-order valence-corrected chi connectivity index (χ1v) is 6.70. The molecule has 3 nitrogen and oxygen atoms in total. The molecule has 1 aliphatic rings. The summed E-state index contributed by atoms with van der Waals surface area (Å²) in [7, 11) is 0. The lowest BCUT2D eigenvalue weighted by Crippen LogP contribution is -2.33. The van der Waals surface area contributed by atoms with Crippen LogP contribution in [0.15, 0.2) is 24.3 Å². The van der Waals surface area contributed by atoms with Gasteiger partial charge in [0.15, 0.2) is 0 Å². The lowest BCUT2D eigenvalue weighted by molar-refractivity contribution is -0.138. The van der Waals surface area contributed by atoms with Gasteiger partial charge in [0.25, 0.3) is 0 Å². The normalized spacial score (nSPS) is 17.8. The third-order valence-corrected chi connectivity index (χ3v) is 3.70. The van der Waals surface area contributed by atoms with Crippen molar-refractivity contribution in [3.8, 4) is 0 Å². The maximum absolute atomic E-state index is 10.6. The molecule has 18 heavy (non-hydrogen) atoms. The van der Waals surface area contributed by atoms with E-state index in [9.17, 15) is 4.79 Å². The lowest BCUT2D eigenvalue weighted by Gasteiger charge is -2.31. The van der Waals surface area contributed by atoms with Crippen molar-refractivity contribution in [3.63, 3.8) is 0 Å². The molecule has 0 amide bonds. The molecule has 4 heteroatoms. The predicted molar refractivity (Wildman–Crippen MR) is 71.7 cm³/mol.